The fourth-order valence-corrected chi connectivity index (χ4v) is 5.66. The number of piperazine rings is 1. The molecule has 0 amide bonds. The summed E-state index contributed by atoms with van der Waals surface area (Å²) >= 11 is 1.67. The molecule has 0 saturated carbocycles. The molecule has 1 aliphatic rings. The molecule has 1 N–H and O–H groups in total. The Bertz CT molecular complexity index is 1360. The minimum Gasteiger partial charge on any atom is -0.491 e. The quantitative estimate of drug-likeness (QED) is 0.341. The lowest BCUT2D eigenvalue weighted by Gasteiger charge is -2.40. The highest BCUT2D eigenvalue weighted by molar-refractivity contribution is 7.18. The van der Waals surface area contributed by atoms with Crippen LogP contribution in [0.2, 0.25) is 0 Å². The monoisotopic (exact) mass is 535 g/mol. The van der Waals surface area contributed by atoms with Crippen LogP contribution in [0.25, 0.3) is 21.7 Å². The van der Waals surface area contributed by atoms with Gasteiger partial charge >= 0.3 is 0 Å². The summed E-state index contributed by atoms with van der Waals surface area (Å²) < 4.78 is 13.0. The summed E-state index contributed by atoms with van der Waals surface area (Å²) in [5, 5.41) is 20.2. The topological polar surface area (TPSA) is 87.8 Å². The van der Waals surface area contributed by atoms with Gasteiger partial charge in [-0.3, -0.25) is 9.80 Å². The van der Waals surface area contributed by atoms with Gasteiger partial charge in [0.25, 0.3) is 0 Å². The molecule has 0 radical (unpaired) electrons. The molecule has 0 unspecified atom stereocenters. The second-order valence-electron chi connectivity index (χ2n) is 11.2. The summed E-state index contributed by atoms with van der Waals surface area (Å²) in [6, 6.07) is 14.5. The number of benzene rings is 2. The molecule has 1 aliphatic heterocycles. The molecule has 8 nitrogen and oxygen atoms in total. The van der Waals surface area contributed by atoms with Gasteiger partial charge in [0.2, 0.25) is 11.8 Å². The van der Waals surface area contributed by atoms with Gasteiger partial charge in [-0.05, 0) is 49.1 Å². The fourth-order valence-electron chi connectivity index (χ4n) is 4.85. The Labute approximate surface area is 228 Å². The second kappa shape index (κ2) is 11.1. The summed E-state index contributed by atoms with van der Waals surface area (Å²) in [5.74, 6) is 1.92. The molecule has 202 valence electrons. The van der Waals surface area contributed by atoms with Crippen LogP contribution in [0.3, 0.4) is 0 Å². The molecule has 38 heavy (non-hydrogen) atoms. The Hall–Kier alpha value is -2.85. The number of aryl methyl sites for hydroxylation is 1. The van der Waals surface area contributed by atoms with E-state index in [9.17, 15) is 5.11 Å². The normalized spacial score (nSPS) is 18.2. The van der Waals surface area contributed by atoms with Gasteiger partial charge in [-0.1, -0.05) is 32.9 Å². The molecule has 0 spiro atoms. The number of rotatable bonds is 8. The third kappa shape index (κ3) is 6.40. The zero-order valence-electron chi connectivity index (χ0n) is 22.8. The van der Waals surface area contributed by atoms with Gasteiger partial charge in [0, 0.05) is 43.9 Å². The third-order valence-electron chi connectivity index (χ3n) is 7.03. The smallest absolute Gasteiger partial charge is 0.247 e. The van der Waals surface area contributed by atoms with Crippen molar-refractivity contribution in [3.63, 3.8) is 0 Å². The predicted octanol–water partition coefficient (Wildman–Crippen LogP) is 4.90. The third-order valence-corrected chi connectivity index (χ3v) is 7.98. The Morgan fingerprint density at radius 3 is 2.66 bits per heavy atom. The van der Waals surface area contributed by atoms with E-state index < -0.39 is 6.10 Å². The van der Waals surface area contributed by atoms with Gasteiger partial charge in [-0.25, -0.2) is 4.98 Å². The van der Waals surface area contributed by atoms with E-state index in [4.69, 9.17) is 9.15 Å². The van der Waals surface area contributed by atoms with Crippen molar-refractivity contribution in [2.45, 2.75) is 58.7 Å². The van der Waals surface area contributed by atoms with Crippen LogP contribution in [0.1, 0.15) is 44.2 Å². The van der Waals surface area contributed by atoms with Gasteiger partial charge in [0.05, 0.1) is 21.8 Å². The van der Waals surface area contributed by atoms with Crippen molar-refractivity contribution in [3.05, 3.63) is 58.9 Å². The fraction of sp³-hybridized carbons (Fsp3) is 0.483. The molecular weight excluding hydrogens is 498 g/mol. The lowest BCUT2D eigenvalue weighted by atomic mass is 9.87. The van der Waals surface area contributed by atoms with E-state index in [0.717, 1.165) is 46.2 Å². The zero-order chi connectivity index (χ0) is 26.9. The van der Waals surface area contributed by atoms with Crippen molar-refractivity contribution in [2.75, 3.05) is 32.8 Å². The van der Waals surface area contributed by atoms with Gasteiger partial charge in [0.15, 0.2) is 0 Å². The molecule has 1 saturated heterocycles. The summed E-state index contributed by atoms with van der Waals surface area (Å²) in [4.78, 5) is 9.16. The maximum absolute atomic E-state index is 10.6. The van der Waals surface area contributed by atoms with Crippen molar-refractivity contribution in [3.8, 4) is 17.2 Å². The number of thiazole rings is 1. The predicted molar refractivity (Wildman–Crippen MR) is 151 cm³/mol. The van der Waals surface area contributed by atoms with E-state index in [1.165, 1.54) is 5.56 Å². The molecule has 2 aromatic carbocycles. The van der Waals surface area contributed by atoms with Crippen molar-refractivity contribution in [1.82, 2.24) is 25.0 Å². The van der Waals surface area contributed by atoms with Crippen LogP contribution < -0.4 is 4.74 Å². The number of hydrogen-bond donors (Lipinski definition) is 1. The molecule has 0 aliphatic carbocycles. The number of nitrogens with zero attached hydrogens (tertiary/aromatic N) is 5. The van der Waals surface area contributed by atoms with Crippen LogP contribution in [-0.4, -0.2) is 75.0 Å². The van der Waals surface area contributed by atoms with E-state index in [1.54, 1.807) is 11.3 Å². The number of aromatic nitrogens is 3. The minimum atomic E-state index is -0.569. The SMILES string of the molecule is Cc1nc2cc(OC[C@H](O)CN3CCN(Cc4nnc(-c5ccc(C(C)(C)C)cc5)o4)C[C@@H]3C)ccc2s1. The average molecular weight is 536 g/mol. The largest absolute Gasteiger partial charge is 0.491 e. The Balaban J connectivity index is 1.09. The first kappa shape index (κ1) is 26.7. The van der Waals surface area contributed by atoms with E-state index in [1.807, 2.05) is 37.3 Å². The second-order valence-corrected chi connectivity index (χ2v) is 12.5. The van der Waals surface area contributed by atoms with Crippen LogP contribution in [-0.2, 0) is 12.0 Å². The molecule has 4 aromatic rings. The molecule has 2 aromatic heterocycles. The summed E-state index contributed by atoms with van der Waals surface area (Å²) in [5.41, 5.74) is 3.26. The van der Waals surface area contributed by atoms with Crippen LogP contribution in [0, 0.1) is 6.92 Å². The molecule has 9 heteroatoms. The summed E-state index contributed by atoms with van der Waals surface area (Å²) in [6.45, 7) is 14.8. The number of β-amino-alcohol motifs (C(OH)–C–C–N with tert-alkyl or cyclic N) is 1. The standard InChI is InChI=1S/C29H37N5O3S/c1-19-15-33(17-27-31-32-28(37-27)21-6-8-22(9-7-21)29(3,4)5)12-13-34(19)16-23(35)18-36-24-10-11-26-25(14-24)30-20(2)38-26/h6-11,14,19,23,35H,12-13,15-18H2,1-5H3/t19-,23+/m0/s1. The average Bonchev–Trinajstić information content (AvgIpc) is 3.49. The van der Waals surface area contributed by atoms with E-state index in [0.29, 0.717) is 30.9 Å². The molecular formula is C29H37N5O3S. The Morgan fingerprint density at radius 1 is 1.13 bits per heavy atom. The number of aliphatic hydroxyl groups is 1. The number of hydrogen-bond acceptors (Lipinski definition) is 9. The molecule has 2 atom stereocenters. The van der Waals surface area contributed by atoms with E-state index in [2.05, 4.69) is 64.8 Å². The van der Waals surface area contributed by atoms with Crippen LogP contribution in [0.5, 0.6) is 5.75 Å². The highest BCUT2D eigenvalue weighted by atomic mass is 32.1. The lowest BCUT2D eigenvalue weighted by molar-refractivity contribution is 0.0178. The first-order valence-electron chi connectivity index (χ1n) is 13.2. The molecule has 5 rings (SSSR count). The Kier molecular flexibility index (Phi) is 7.81. The van der Waals surface area contributed by atoms with Gasteiger partial charge < -0.3 is 14.3 Å². The number of aliphatic hydroxyl groups excluding tert-OH is 1. The maximum Gasteiger partial charge on any atom is 0.247 e. The molecule has 0 bridgehead atoms. The van der Waals surface area contributed by atoms with Crippen LogP contribution >= 0.6 is 11.3 Å². The van der Waals surface area contributed by atoms with Crippen LogP contribution in [0.4, 0.5) is 0 Å². The molecule has 1 fully saturated rings. The van der Waals surface area contributed by atoms with Gasteiger partial charge in [-0.15, -0.1) is 21.5 Å². The first-order chi connectivity index (χ1) is 18.1. The minimum absolute atomic E-state index is 0.108. The van der Waals surface area contributed by atoms with Gasteiger partial charge in [-0.2, -0.15) is 0 Å². The number of fused-ring (bicyclic) bond motifs is 1. The maximum atomic E-state index is 10.6. The van der Waals surface area contributed by atoms with Crippen molar-refractivity contribution in [1.29, 1.82) is 0 Å². The summed E-state index contributed by atoms with van der Waals surface area (Å²) in [6.07, 6.45) is -0.569. The highest BCUT2D eigenvalue weighted by Crippen LogP contribution is 2.27. The lowest BCUT2D eigenvalue weighted by Crippen LogP contribution is -2.53. The number of ether oxygens (including phenoxy) is 1. The highest BCUT2D eigenvalue weighted by Gasteiger charge is 2.27. The van der Waals surface area contributed by atoms with Crippen molar-refractivity contribution in [2.24, 2.45) is 0 Å². The van der Waals surface area contributed by atoms with Crippen molar-refractivity contribution < 1.29 is 14.3 Å². The van der Waals surface area contributed by atoms with Crippen LogP contribution in [0.15, 0.2) is 46.9 Å². The summed E-state index contributed by atoms with van der Waals surface area (Å²) in [7, 11) is 0. The van der Waals surface area contributed by atoms with Gasteiger partial charge in [0.1, 0.15) is 18.5 Å². The van der Waals surface area contributed by atoms with E-state index in [-0.39, 0.29) is 12.0 Å². The Morgan fingerprint density at radius 2 is 1.92 bits per heavy atom. The van der Waals surface area contributed by atoms with E-state index >= 15 is 0 Å². The zero-order valence-corrected chi connectivity index (χ0v) is 23.7. The first-order valence-corrected chi connectivity index (χ1v) is 14.0. The van der Waals surface area contributed by atoms with Crippen molar-refractivity contribution >= 4 is 21.6 Å². The molecule has 3 heterocycles.